The van der Waals surface area contributed by atoms with Crippen LogP contribution in [-0.2, 0) is 13.9 Å². The molecule has 0 bridgehead atoms. The van der Waals surface area contributed by atoms with E-state index in [1.54, 1.807) is 0 Å². The standard InChI is InChI=1S/C2H15O10P3/c1-2-10-11-14(6,7)12-15(8,9)13(3,4)5/h3-9,13-15H,2H2,1H3. The van der Waals surface area contributed by atoms with E-state index in [1.807, 2.05) is 0 Å². The summed E-state index contributed by atoms with van der Waals surface area (Å²) in [6.45, 7) is 1.33. The van der Waals surface area contributed by atoms with Crippen molar-refractivity contribution < 1.29 is 48.1 Å². The first-order valence-corrected chi connectivity index (χ1v) is 9.95. The Kier molecular flexibility index (Phi) is 5.81. The van der Waals surface area contributed by atoms with Gasteiger partial charge in [0.2, 0.25) is 0 Å². The molecule has 15 heavy (non-hydrogen) atoms. The molecule has 0 rings (SSSR count). The third-order valence-electron chi connectivity index (χ3n) is 0.998. The zero-order valence-electron chi connectivity index (χ0n) is 7.56. The minimum absolute atomic E-state index is 0.0927. The Hall–Kier alpha value is 0.890. The van der Waals surface area contributed by atoms with Crippen molar-refractivity contribution in [2.45, 2.75) is 6.92 Å². The molecular formula is C2H15O10P3. The Balaban J connectivity index is 4.43. The third-order valence-corrected chi connectivity index (χ3v) is 7.95. The molecule has 98 valence electrons. The summed E-state index contributed by atoms with van der Waals surface area (Å²) in [7, 11) is -15.9. The fourth-order valence-corrected chi connectivity index (χ4v) is 5.27. The van der Waals surface area contributed by atoms with Crippen LogP contribution in [0.4, 0.5) is 0 Å². The Morgan fingerprint density at radius 3 is 1.73 bits per heavy atom. The predicted octanol–water partition coefficient (Wildman–Crippen LogP) is -1.77. The maximum absolute atomic E-state index is 8.87. The fourth-order valence-electron chi connectivity index (χ4n) is 0.407. The number of hydrogen-bond donors (Lipinski definition) is 7. The second-order valence-corrected chi connectivity index (χ2v) is 10.9. The molecule has 0 atom stereocenters. The monoisotopic (exact) mass is 292 g/mol. The van der Waals surface area contributed by atoms with Crippen molar-refractivity contribution in [3.63, 3.8) is 0 Å². The van der Waals surface area contributed by atoms with Crippen molar-refractivity contribution in [1.82, 2.24) is 0 Å². The second kappa shape index (κ2) is 5.48. The molecular weight excluding hydrogens is 277 g/mol. The first-order chi connectivity index (χ1) is 6.52. The third kappa shape index (κ3) is 5.67. The van der Waals surface area contributed by atoms with Crippen LogP contribution in [0.3, 0.4) is 0 Å². The Labute approximate surface area is 85.9 Å². The van der Waals surface area contributed by atoms with Gasteiger partial charge in [-0.1, -0.05) is 0 Å². The van der Waals surface area contributed by atoms with E-state index in [1.165, 1.54) is 6.92 Å². The van der Waals surface area contributed by atoms with Crippen LogP contribution in [0.5, 0.6) is 0 Å². The Bertz CT molecular complexity index is 197. The zero-order chi connectivity index (χ0) is 12.3. The zero-order valence-corrected chi connectivity index (χ0v) is 10.6. The molecule has 0 spiro atoms. The van der Waals surface area contributed by atoms with Crippen LogP contribution in [-0.4, -0.2) is 40.9 Å². The van der Waals surface area contributed by atoms with Gasteiger partial charge >= 0.3 is 85.1 Å². The van der Waals surface area contributed by atoms with E-state index in [0.29, 0.717) is 0 Å². The molecule has 0 saturated heterocycles. The molecule has 13 heteroatoms. The van der Waals surface area contributed by atoms with Gasteiger partial charge in [-0.3, -0.25) is 0 Å². The first-order valence-electron chi connectivity index (χ1n) is 3.59. The van der Waals surface area contributed by atoms with Gasteiger partial charge in [0.15, 0.2) is 0 Å². The van der Waals surface area contributed by atoms with Gasteiger partial charge in [-0.25, -0.2) is 0 Å². The Morgan fingerprint density at radius 2 is 1.40 bits per heavy atom. The summed E-state index contributed by atoms with van der Waals surface area (Å²) in [5, 5.41) is 0. The topological polar surface area (TPSA) is 169 Å². The van der Waals surface area contributed by atoms with Crippen LogP contribution in [0.15, 0.2) is 0 Å². The quantitative estimate of drug-likeness (QED) is 0.169. The summed E-state index contributed by atoms with van der Waals surface area (Å²) in [4.78, 5) is 65.1. The molecule has 0 unspecified atom stereocenters. The average Bonchev–Trinajstić information content (AvgIpc) is 1.96. The van der Waals surface area contributed by atoms with E-state index in [0.717, 1.165) is 0 Å². The molecule has 0 radical (unpaired) electrons. The van der Waals surface area contributed by atoms with Crippen molar-refractivity contribution >= 4 is 23.4 Å². The van der Waals surface area contributed by atoms with Crippen LogP contribution in [0.1, 0.15) is 6.92 Å². The van der Waals surface area contributed by atoms with Crippen LogP contribution >= 0.6 is 23.4 Å². The van der Waals surface area contributed by atoms with Gasteiger partial charge in [0.1, 0.15) is 0 Å². The summed E-state index contributed by atoms with van der Waals surface area (Å²) in [5.41, 5.74) is 0. The van der Waals surface area contributed by atoms with Crippen LogP contribution in [0.25, 0.3) is 0 Å². The number of hydrogen-bond acceptors (Lipinski definition) is 10. The Morgan fingerprint density at radius 1 is 0.933 bits per heavy atom. The molecule has 10 nitrogen and oxygen atoms in total. The molecule has 0 aliphatic rings. The first kappa shape index (κ1) is 15.9. The summed E-state index contributed by atoms with van der Waals surface area (Å²) in [6, 6.07) is 0. The summed E-state index contributed by atoms with van der Waals surface area (Å²) in [5.74, 6) is 0. The van der Waals surface area contributed by atoms with Gasteiger partial charge in [-0.05, 0) is 0 Å². The summed E-state index contributed by atoms with van der Waals surface area (Å²) >= 11 is 0. The molecule has 0 aromatic rings. The van der Waals surface area contributed by atoms with Crippen molar-refractivity contribution in [2.24, 2.45) is 0 Å². The van der Waals surface area contributed by atoms with E-state index < -0.39 is 23.4 Å². The van der Waals surface area contributed by atoms with Crippen LogP contribution in [0.2, 0.25) is 0 Å². The molecule has 0 aromatic heterocycles. The molecule has 7 N–H and O–H groups in total. The van der Waals surface area contributed by atoms with E-state index in [4.69, 9.17) is 34.3 Å². The number of rotatable bonds is 6. The van der Waals surface area contributed by atoms with Crippen molar-refractivity contribution in [3.05, 3.63) is 0 Å². The van der Waals surface area contributed by atoms with Crippen molar-refractivity contribution in [1.29, 1.82) is 0 Å². The van der Waals surface area contributed by atoms with Crippen molar-refractivity contribution in [3.8, 4) is 0 Å². The molecule has 0 fully saturated rings. The molecule has 0 amide bonds. The minimum atomic E-state index is -5.43. The van der Waals surface area contributed by atoms with E-state index in [-0.39, 0.29) is 6.61 Å². The van der Waals surface area contributed by atoms with E-state index in [2.05, 4.69) is 13.9 Å². The van der Waals surface area contributed by atoms with Gasteiger partial charge < -0.3 is 0 Å². The van der Waals surface area contributed by atoms with Crippen LogP contribution < -0.4 is 0 Å². The van der Waals surface area contributed by atoms with Crippen molar-refractivity contribution in [2.75, 3.05) is 6.61 Å². The normalized spacial score (nSPS) is 17.6. The van der Waals surface area contributed by atoms with E-state index in [9.17, 15) is 0 Å². The van der Waals surface area contributed by atoms with Gasteiger partial charge in [-0.15, -0.1) is 0 Å². The van der Waals surface area contributed by atoms with Gasteiger partial charge in [0, 0.05) is 0 Å². The predicted molar refractivity (Wildman–Crippen MR) is 54.3 cm³/mol. The summed E-state index contributed by atoms with van der Waals surface area (Å²) in [6.07, 6.45) is 0. The molecule has 0 aromatic carbocycles. The summed E-state index contributed by atoms with van der Waals surface area (Å²) < 4.78 is 7.60. The van der Waals surface area contributed by atoms with Gasteiger partial charge in [0.05, 0.1) is 0 Å². The fraction of sp³-hybridized carbons (Fsp3) is 1.00. The molecule has 0 aliphatic carbocycles. The average molecular weight is 292 g/mol. The molecule has 0 heterocycles. The van der Waals surface area contributed by atoms with Gasteiger partial charge in [-0.2, -0.15) is 0 Å². The second-order valence-electron chi connectivity index (χ2n) is 2.38. The van der Waals surface area contributed by atoms with Crippen LogP contribution in [0, 0.1) is 0 Å². The molecule has 0 saturated carbocycles. The van der Waals surface area contributed by atoms with E-state index >= 15 is 0 Å². The molecule has 0 aliphatic heterocycles. The van der Waals surface area contributed by atoms with Gasteiger partial charge in [0.25, 0.3) is 0 Å². The maximum atomic E-state index is 8.87. The SMILES string of the molecule is CCOO[PH](O)(O)O[PH](O)(O)[PH](O)(O)O.